The number of carbonyl (C=O) groups is 1. The van der Waals surface area contributed by atoms with Crippen molar-refractivity contribution >= 4 is 39.0 Å². The van der Waals surface area contributed by atoms with Crippen LogP contribution in [0.3, 0.4) is 0 Å². The second-order valence-electron chi connectivity index (χ2n) is 6.27. The normalized spacial score (nSPS) is 11.0. The van der Waals surface area contributed by atoms with E-state index in [1.165, 1.54) is 12.1 Å². The third-order valence-electron chi connectivity index (χ3n) is 4.33. The summed E-state index contributed by atoms with van der Waals surface area (Å²) in [5.41, 5.74) is 2.92. The first kappa shape index (κ1) is 17.7. The number of thiophene rings is 1. The Morgan fingerprint density at radius 1 is 1.04 bits per heavy atom. The van der Waals surface area contributed by atoms with Crippen LogP contribution in [0.4, 0.5) is 4.39 Å². The van der Waals surface area contributed by atoms with Crippen LogP contribution < -0.4 is 0 Å². The molecule has 1 aromatic heterocycles. The average molecular weight is 397 g/mol. The van der Waals surface area contributed by atoms with E-state index < -0.39 is 5.97 Å². The van der Waals surface area contributed by atoms with Crippen LogP contribution in [0.15, 0.2) is 66.7 Å². The van der Waals surface area contributed by atoms with Gasteiger partial charge in [0.1, 0.15) is 5.82 Å². The molecule has 3 aromatic carbocycles. The van der Waals surface area contributed by atoms with Crippen LogP contribution in [-0.2, 0) is 6.42 Å². The number of hydrogen-bond acceptors (Lipinski definition) is 2. The van der Waals surface area contributed by atoms with Gasteiger partial charge in [-0.15, -0.1) is 11.3 Å². The zero-order chi connectivity index (χ0) is 19.0. The summed E-state index contributed by atoms with van der Waals surface area (Å²) in [5.74, 6) is -1.29. The summed E-state index contributed by atoms with van der Waals surface area (Å²) in [5, 5.41) is 10.7. The first-order valence-electron chi connectivity index (χ1n) is 8.30. The van der Waals surface area contributed by atoms with Gasteiger partial charge in [-0.05, 0) is 59.2 Å². The Morgan fingerprint density at radius 3 is 2.63 bits per heavy atom. The Labute approximate surface area is 164 Å². The highest BCUT2D eigenvalue weighted by atomic mass is 35.5. The standard InChI is InChI=1S/C22H14ClFO2S/c23-16-7-13(8-17(24)11-16)9-18-12-20-19(5-2-6-21(20)27-18)14-3-1-4-15(10-14)22(25)26/h1-8,10-12H,9H2,(H,25,26). The van der Waals surface area contributed by atoms with Gasteiger partial charge in [0.15, 0.2) is 0 Å². The van der Waals surface area contributed by atoms with Crippen LogP contribution >= 0.6 is 22.9 Å². The maximum atomic E-state index is 13.6. The molecule has 2 nitrogen and oxygen atoms in total. The molecule has 0 spiro atoms. The van der Waals surface area contributed by atoms with Crippen LogP contribution in [0.25, 0.3) is 21.2 Å². The largest absolute Gasteiger partial charge is 0.478 e. The third-order valence-corrected chi connectivity index (χ3v) is 5.65. The quantitative estimate of drug-likeness (QED) is 0.419. The number of hydrogen-bond donors (Lipinski definition) is 1. The van der Waals surface area contributed by atoms with Crippen LogP contribution in [0.2, 0.25) is 5.02 Å². The highest BCUT2D eigenvalue weighted by Gasteiger charge is 2.11. The van der Waals surface area contributed by atoms with E-state index in [0.29, 0.717) is 11.4 Å². The summed E-state index contributed by atoms with van der Waals surface area (Å²) in [4.78, 5) is 12.4. The molecule has 1 N–H and O–H groups in total. The van der Waals surface area contributed by atoms with Gasteiger partial charge >= 0.3 is 5.97 Å². The summed E-state index contributed by atoms with van der Waals surface area (Å²) < 4.78 is 14.7. The molecule has 0 aliphatic carbocycles. The highest BCUT2D eigenvalue weighted by Crippen LogP contribution is 2.35. The maximum absolute atomic E-state index is 13.6. The zero-order valence-electron chi connectivity index (χ0n) is 14.1. The molecule has 0 fully saturated rings. The second kappa shape index (κ2) is 7.14. The molecule has 0 unspecified atom stereocenters. The molecule has 134 valence electrons. The van der Waals surface area contributed by atoms with Crippen molar-refractivity contribution in [1.82, 2.24) is 0 Å². The van der Waals surface area contributed by atoms with Crippen molar-refractivity contribution in [2.45, 2.75) is 6.42 Å². The predicted octanol–water partition coefficient (Wildman–Crippen LogP) is 6.65. The average Bonchev–Trinajstić information content (AvgIpc) is 3.03. The lowest BCUT2D eigenvalue weighted by molar-refractivity contribution is 0.0697. The van der Waals surface area contributed by atoms with Crippen molar-refractivity contribution in [3.05, 3.63) is 93.6 Å². The maximum Gasteiger partial charge on any atom is 0.335 e. The Morgan fingerprint density at radius 2 is 1.85 bits per heavy atom. The number of carboxylic acids is 1. The minimum atomic E-state index is -0.946. The van der Waals surface area contributed by atoms with Gasteiger partial charge < -0.3 is 5.11 Å². The van der Waals surface area contributed by atoms with Crippen molar-refractivity contribution in [3.8, 4) is 11.1 Å². The van der Waals surface area contributed by atoms with Gasteiger partial charge in [-0.1, -0.05) is 35.9 Å². The zero-order valence-corrected chi connectivity index (χ0v) is 15.7. The van der Waals surface area contributed by atoms with E-state index in [1.807, 2.05) is 24.3 Å². The van der Waals surface area contributed by atoms with Gasteiger partial charge in [0, 0.05) is 26.4 Å². The number of benzene rings is 3. The van der Waals surface area contributed by atoms with Crippen LogP contribution in [-0.4, -0.2) is 11.1 Å². The topological polar surface area (TPSA) is 37.3 Å². The van der Waals surface area contributed by atoms with Crippen molar-refractivity contribution in [1.29, 1.82) is 0 Å². The van der Waals surface area contributed by atoms with Crippen LogP contribution in [0.1, 0.15) is 20.8 Å². The smallest absolute Gasteiger partial charge is 0.335 e. The molecule has 0 bridgehead atoms. The minimum absolute atomic E-state index is 0.259. The molecule has 27 heavy (non-hydrogen) atoms. The lowest BCUT2D eigenvalue weighted by Gasteiger charge is -2.05. The SMILES string of the molecule is O=C(O)c1cccc(-c2cccc3sc(Cc4cc(F)cc(Cl)c4)cc23)c1. The first-order valence-corrected chi connectivity index (χ1v) is 9.49. The number of carboxylic acid groups (broad SMARTS) is 1. The van der Waals surface area contributed by atoms with Gasteiger partial charge in [0.25, 0.3) is 0 Å². The van der Waals surface area contributed by atoms with E-state index in [4.69, 9.17) is 11.6 Å². The summed E-state index contributed by atoms with van der Waals surface area (Å²) in [7, 11) is 0. The van der Waals surface area contributed by atoms with Crippen molar-refractivity contribution in [2.24, 2.45) is 0 Å². The first-order chi connectivity index (χ1) is 13.0. The van der Waals surface area contributed by atoms with E-state index in [2.05, 4.69) is 6.07 Å². The lowest BCUT2D eigenvalue weighted by atomic mass is 9.99. The van der Waals surface area contributed by atoms with E-state index in [1.54, 1.807) is 35.6 Å². The molecule has 4 aromatic rings. The van der Waals surface area contributed by atoms with Gasteiger partial charge in [0.05, 0.1) is 5.56 Å². The lowest BCUT2D eigenvalue weighted by Crippen LogP contribution is -1.95. The second-order valence-corrected chi connectivity index (χ2v) is 7.88. The molecule has 0 amide bonds. The highest BCUT2D eigenvalue weighted by molar-refractivity contribution is 7.19. The molecule has 0 saturated carbocycles. The van der Waals surface area contributed by atoms with Gasteiger partial charge in [-0.25, -0.2) is 9.18 Å². The Bertz CT molecular complexity index is 1150. The molecule has 0 aliphatic heterocycles. The van der Waals surface area contributed by atoms with E-state index >= 15 is 0 Å². The monoisotopic (exact) mass is 396 g/mol. The predicted molar refractivity (Wildman–Crippen MR) is 108 cm³/mol. The summed E-state index contributed by atoms with van der Waals surface area (Å²) in [6, 6.07) is 19.5. The molecule has 4 rings (SSSR count). The Kier molecular flexibility index (Phi) is 4.68. The molecular formula is C22H14ClFO2S. The Balaban J connectivity index is 1.76. The molecule has 0 radical (unpaired) electrons. The van der Waals surface area contributed by atoms with E-state index in [-0.39, 0.29) is 11.4 Å². The Hall–Kier alpha value is -2.69. The van der Waals surface area contributed by atoms with Crippen molar-refractivity contribution < 1.29 is 14.3 Å². The summed E-state index contributed by atoms with van der Waals surface area (Å²) in [6.07, 6.45) is 0.589. The van der Waals surface area contributed by atoms with Gasteiger partial charge in [-0.2, -0.15) is 0 Å². The molecule has 5 heteroatoms. The molecule has 0 saturated heterocycles. The summed E-state index contributed by atoms with van der Waals surface area (Å²) in [6.45, 7) is 0. The molecule has 0 aliphatic rings. The van der Waals surface area contributed by atoms with E-state index in [9.17, 15) is 14.3 Å². The third kappa shape index (κ3) is 3.72. The van der Waals surface area contributed by atoms with Crippen molar-refractivity contribution in [2.75, 3.05) is 0 Å². The van der Waals surface area contributed by atoms with Gasteiger partial charge in [-0.3, -0.25) is 0 Å². The van der Waals surface area contributed by atoms with E-state index in [0.717, 1.165) is 31.7 Å². The molecule has 0 atom stereocenters. The minimum Gasteiger partial charge on any atom is -0.478 e. The van der Waals surface area contributed by atoms with Crippen LogP contribution in [0, 0.1) is 5.82 Å². The summed E-state index contributed by atoms with van der Waals surface area (Å²) >= 11 is 7.60. The van der Waals surface area contributed by atoms with Crippen molar-refractivity contribution in [3.63, 3.8) is 0 Å². The molecular weight excluding hydrogens is 383 g/mol. The number of rotatable bonds is 4. The number of aromatic carboxylic acids is 1. The molecule has 1 heterocycles. The number of halogens is 2. The van der Waals surface area contributed by atoms with Gasteiger partial charge in [0.2, 0.25) is 0 Å². The van der Waals surface area contributed by atoms with Crippen LogP contribution in [0.5, 0.6) is 0 Å². The fourth-order valence-electron chi connectivity index (χ4n) is 3.19. The fraction of sp³-hybridized carbons (Fsp3) is 0.0455. The number of fused-ring (bicyclic) bond motifs is 1. The fourth-order valence-corrected chi connectivity index (χ4v) is 4.55.